The van der Waals surface area contributed by atoms with Crippen LogP contribution in [0.25, 0.3) is 0 Å². The van der Waals surface area contributed by atoms with Crippen molar-refractivity contribution < 1.29 is 8.42 Å². The first-order valence-corrected chi connectivity index (χ1v) is 7.89. The van der Waals surface area contributed by atoms with Gasteiger partial charge in [-0.25, -0.2) is 24.0 Å². The van der Waals surface area contributed by atoms with Crippen molar-refractivity contribution in [3.63, 3.8) is 0 Å². The summed E-state index contributed by atoms with van der Waals surface area (Å²) < 4.78 is 28.3. The molecule has 114 valence electrons. The van der Waals surface area contributed by atoms with Gasteiger partial charge in [-0.1, -0.05) is 11.6 Å². The third-order valence-electron chi connectivity index (χ3n) is 2.66. The van der Waals surface area contributed by atoms with Gasteiger partial charge in [0.25, 0.3) is 0 Å². The molecule has 0 bridgehead atoms. The zero-order valence-electron chi connectivity index (χ0n) is 11.2. The number of halogens is 1. The van der Waals surface area contributed by atoms with Gasteiger partial charge in [-0.2, -0.15) is 5.10 Å². The minimum absolute atomic E-state index is 0.0249. The van der Waals surface area contributed by atoms with E-state index in [0.717, 1.165) is 5.56 Å². The van der Waals surface area contributed by atoms with E-state index in [9.17, 15) is 8.42 Å². The maximum Gasteiger partial charge on any atom is 0.242 e. The quantitative estimate of drug-likeness (QED) is 0.525. The molecule has 0 aliphatic heterocycles. The lowest BCUT2D eigenvalue weighted by molar-refractivity contribution is 0.560. The third-order valence-corrected chi connectivity index (χ3v) is 4.37. The van der Waals surface area contributed by atoms with Crippen molar-refractivity contribution in [3.8, 4) is 0 Å². The van der Waals surface area contributed by atoms with Crippen LogP contribution in [0.2, 0.25) is 5.02 Å². The summed E-state index contributed by atoms with van der Waals surface area (Å²) in [6, 6.07) is 1.28. The Morgan fingerprint density at radius 2 is 2.19 bits per heavy atom. The van der Waals surface area contributed by atoms with Gasteiger partial charge in [-0.3, -0.25) is 4.68 Å². The molecule has 2 aromatic rings. The average molecular weight is 331 g/mol. The van der Waals surface area contributed by atoms with Crippen LogP contribution in [-0.2, 0) is 16.6 Å². The van der Waals surface area contributed by atoms with E-state index in [-0.39, 0.29) is 22.3 Å². The Bertz CT molecular complexity index is 730. The fourth-order valence-electron chi connectivity index (χ4n) is 1.64. The number of sulfonamides is 1. The largest absolute Gasteiger partial charge is 0.307 e. The van der Waals surface area contributed by atoms with Crippen LogP contribution >= 0.6 is 11.6 Å². The van der Waals surface area contributed by atoms with Crippen LogP contribution in [0.5, 0.6) is 0 Å². The predicted octanol–water partition coefficient (Wildman–Crippen LogP) is 0.504. The number of aryl methyl sites for hydroxylation is 1. The Kier molecular flexibility index (Phi) is 4.78. The second kappa shape index (κ2) is 6.39. The molecular formula is C11H15ClN6O2S. The molecule has 0 radical (unpaired) electrons. The Labute approximate surface area is 127 Å². The number of nitrogens with zero attached hydrogens (tertiary/aromatic N) is 3. The molecule has 21 heavy (non-hydrogen) atoms. The maximum absolute atomic E-state index is 12.1. The molecule has 0 aliphatic rings. The monoisotopic (exact) mass is 330 g/mol. The molecule has 0 aliphatic carbocycles. The highest BCUT2D eigenvalue weighted by molar-refractivity contribution is 7.89. The molecule has 8 nitrogen and oxygen atoms in total. The van der Waals surface area contributed by atoms with Crippen LogP contribution < -0.4 is 16.0 Å². The Hall–Kier alpha value is -1.68. The second-order valence-corrected chi connectivity index (χ2v) is 6.50. The van der Waals surface area contributed by atoms with Crippen molar-refractivity contribution in [2.24, 2.45) is 5.84 Å². The van der Waals surface area contributed by atoms with Gasteiger partial charge in [-0.15, -0.1) is 0 Å². The van der Waals surface area contributed by atoms with Gasteiger partial charge >= 0.3 is 0 Å². The summed E-state index contributed by atoms with van der Waals surface area (Å²) in [7, 11) is -3.68. The zero-order chi connectivity index (χ0) is 15.5. The van der Waals surface area contributed by atoms with Crippen molar-refractivity contribution in [1.29, 1.82) is 0 Å². The molecule has 0 spiro atoms. The summed E-state index contributed by atoms with van der Waals surface area (Å²) in [5, 5.41) is 4.20. The second-order valence-electron chi connectivity index (χ2n) is 4.32. The number of hydrogen-bond donors (Lipinski definition) is 3. The molecule has 0 amide bonds. The van der Waals surface area contributed by atoms with Crippen molar-refractivity contribution >= 4 is 27.4 Å². The molecule has 0 aromatic carbocycles. The predicted molar refractivity (Wildman–Crippen MR) is 79.2 cm³/mol. The molecule has 0 fully saturated rings. The molecule has 10 heteroatoms. The number of rotatable bonds is 6. The van der Waals surface area contributed by atoms with Crippen LogP contribution in [0, 0.1) is 6.92 Å². The molecule has 0 atom stereocenters. The first-order valence-electron chi connectivity index (χ1n) is 6.03. The Morgan fingerprint density at radius 1 is 1.43 bits per heavy atom. The molecule has 4 N–H and O–H groups in total. The number of nitrogens with one attached hydrogen (secondary N) is 2. The number of anilines is 1. The van der Waals surface area contributed by atoms with Crippen molar-refractivity contribution in [1.82, 2.24) is 19.5 Å². The number of nitrogens with two attached hydrogens (primary N) is 1. The molecule has 0 unspecified atom stereocenters. The van der Waals surface area contributed by atoms with Crippen LogP contribution in [0.1, 0.15) is 5.56 Å². The first-order chi connectivity index (χ1) is 9.92. The van der Waals surface area contributed by atoms with Gasteiger partial charge in [0.15, 0.2) is 5.82 Å². The van der Waals surface area contributed by atoms with Crippen LogP contribution in [0.15, 0.2) is 29.6 Å². The van der Waals surface area contributed by atoms with Gasteiger partial charge in [0.2, 0.25) is 10.0 Å². The smallest absolute Gasteiger partial charge is 0.242 e. The van der Waals surface area contributed by atoms with Gasteiger partial charge in [0.05, 0.1) is 17.8 Å². The fraction of sp³-hybridized carbons (Fsp3) is 0.273. The molecule has 0 saturated heterocycles. The SMILES string of the molecule is Cc1cnn(CCNS(=O)(=O)c2cnc(NN)c(Cl)c2)c1. The van der Waals surface area contributed by atoms with Crippen LogP contribution in [-0.4, -0.2) is 29.7 Å². The summed E-state index contributed by atoms with van der Waals surface area (Å²) in [6.45, 7) is 2.54. The van der Waals surface area contributed by atoms with Crippen LogP contribution in [0.4, 0.5) is 5.82 Å². The Morgan fingerprint density at radius 3 is 2.76 bits per heavy atom. The summed E-state index contributed by atoms with van der Waals surface area (Å²) in [5.74, 6) is 5.40. The highest BCUT2D eigenvalue weighted by Gasteiger charge is 2.16. The van der Waals surface area contributed by atoms with Gasteiger partial charge in [0.1, 0.15) is 4.90 Å². The van der Waals surface area contributed by atoms with Gasteiger partial charge < -0.3 is 5.43 Å². The van der Waals surface area contributed by atoms with Crippen molar-refractivity contribution in [3.05, 3.63) is 35.2 Å². The number of pyridine rings is 1. The van der Waals surface area contributed by atoms with Gasteiger partial charge in [0, 0.05) is 18.9 Å². The van der Waals surface area contributed by atoms with Crippen molar-refractivity contribution in [2.45, 2.75) is 18.4 Å². The molecule has 2 aromatic heterocycles. The van der Waals surface area contributed by atoms with E-state index in [4.69, 9.17) is 17.4 Å². The summed E-state index contributed by atoms with van der Waals surface area (Å²) >= 11 is 5.86. The summed E-state index contributed by atoms with van der Waals surface area (Å²) in [6.07, 6.45) is 4.71. The minimum atomic E-state index is -3.68. The highest BCUT2D eigenvalue weighted by Crippen LogP contribution is 2.21. The minimum Gasteiger partial charge on any atom is -0.307 e. The topological polar surface area (TPSA) is 115 Å². The van der Waals surface area contributed by atoms with E-state index in [1.807, 2.05) is 13.1 Å². The third kappa shape index (κ3) is 3.91. The van der Waals surface area contributed by atoms with E-state index in [1.165, 1.54) is 12.3 Å². The van der Waals surface area contributed by atoms with Crippen LogP contribution in [0.3, 0.4) is 0 Å². The molecule has 2 rings (SSSR count). The lowest BCUT2D eigenvalue weighted by Crippen LogP contribution is -2.27. The van der Waals surface area contributed by atoms with E-state index in [0.29, 0.717) is 6.54 Å². The lowest BCUT2D eigenvalue weighted by Gasteiger charge is -2.08. The highest BCUT2D eigenvalue weighted by atomic mass is 35.5. The van der Waals surface area contributed by atoms with Gasteiger partial charge in [-0.05, 0) is 18.6 Å². The summed E-state index contributed by atoms with van der Waals surface area (Å²) in [5.41, 5.74) is 3.28. The molecular weight excluding hydrogens is 316 g/mol. The van der Waals surface area contributed by atoms with E-state index in [2.05, 4.69) is 20.2 Å². The average Bonchev–Trinajstić information content (AvgIpc) is 2.84. The first kappa shape index (κ1) is 15.7. The maximum atomic E-state index is 12.1. The number of aromatic nitrogens is 3. The summed E-state index contributed by atoms with van der Waals surface area (Å²) in [4.78, 5) is 3.80. The lowest BCUT2D eigenvalue weighted by atomic mass is 10.4. The fourth-order valence-corrected chi connectivity index (χ4v) is 2.92. The van der Waals surface area contributed by atoms with E-state index < -0.39 is 10.0 Å². The van der Waals surface area contributed by atoms with Crippen molar-refractivity contribution in [2.75, 3.05) is 12.0 Å². The standard InChI is InChI=1S/C11H15ClN6O2S/c1-8-5-15-18(7-8)3-2-16-21(19,20)9-4-10(12)11(17-13)14-6-9/h4-7,16H,2-3,13H2,1H3,(H,14,17). The molecule has 0 saturated carbocycles. The molecule has 2 heterocycles. The zero-order valence-corrected chi connectivity index (χ0v) is 12.8. The number of hydrazine groups is 1. The number of nitrogen functional groups attached to an aromatic ring is 1. The Balaban J connectivity index is 2.02. The normalized spacial score (nSPS) is 11.6. The van der Waals surface area contributed by atoms with E-state index >= 15 is 0 Å². The van der Waals surface area contributed by atoms with E-state index in [1.54, 1.807) is 10.9 Å². The number of hydrogen-bond acceptors (Lipinski definition) is 6.